The van der Waals surface area contributed by atoms with E-state index in [-0.39, 0.29) is 0 Å². The summed E-state index contributed by atoms with van der Waals surface area (Å²) in [5.74, 6) is 0.962. The smallest absolute Gasteiger partial charge is 0.141 e. The van der Waals surface area contributed by atoms with Crippen LogP contribution in [0.1, 0.15) is 51.4 Å². The summed E-state index contributed by atoms with van der Waals surface area (Å²) in [6.45, 7) is 0. The lowest BCUT2D eigenvalue weighted by Crippen LogP contribution is -2.31. The van der Waals surface area contributed by atoms with E-state index in [4.69, 9.17) is 4.74 Å². The molecule has 2 heteroatoms. The summed E-state index contributed by atoms with van der Waals surface area (Å²) in [5.41, 5.74) is 1.87. The Balaban J connectivity index is 1.60. The molecule has 0 aromatic heterocycles. The first kappa shape index (κ1) is 12.8. The average molecular weight is 259 g/mol. The molecule has 2 fully saturated rings. The van der Waals surface area contributed by atoms with E-state index in [1.165, 1.54) is 51.4 Å². The third kappa shape index (κ3) is 2.72. The number of anilines is 1. The maximum absolute atomic E-state index is 5.42. The first-order valence-corrected chi connectivity index (χ1v) is 7.71. The van der Waals surface area contributed by atoms with Crippen LogP contribution < -0.4 is 10.1 Å². The molecule has 1 aromatic carbocycles. The van der Waals surface area contributed by atoms with Crippen molar-refractivity contribution in [2.24, 2.45) is 5.41 Å². The second kappa shape index (κ2) is 5.44. The molecule has 0 bridgehead atoms. The highest BCUT2D eigenvalue weighted by molar-refractivity contribution is 5.56. The largest absolute Gasteiger partial charge is 0.495 e. The van der Waals surface area contributed by atoms with Crippen molar-refractivity contribution in [3.8, 4) is 5.75 Å². The fourth-order valence-electron chi connectivity index (χ4n) is 3.98. The van der Waals surface area contributed by atoms with Crippen LogP contribution >= 0.6 is 0 Å². The molecule has 0 radical (unpaired) electrons. The molecule has 2 saturated carbocycles. The Hall–Kier alpha value is -1.18. The van der Waals surface area contributed by atoms with Crippen molar-refractivity contribution >= 4 is 5.69 Å². The molecule has 1 spiro atoms. The summed E-state index contributed by atoms with van der Waals surface area (Å²) >= 11 is 0. The predicted molar refractivity (Wildman–Crippen MR) is 79.8 cm³/mol. The van der Waals surface area contributed by atoms with Crippen LogP contribution in [0.25, 0.3) is 0 Å². The Kier molecular flexibility index (Phi) is 3.67. The predicted octanol–water partition coefficient (Wildman–Crippen LogP) is 4.61. The van der Waals surface area contributed by atoms with E-state index in [9.17, 15) is 0 Å². The minimum atomic E-state index is 0.627. The highest BCUT2D eigenvalue weighted by Gasteiger charge is 2.37. The lowest BCUT2D eigenvalue weighted by Gasteiger charge is -2.38. The topological polar surface area (TPSA) is 21.3 Å². The summed E-state index contributed by atoms with van der Waals surface area (Å²) in [7, 11) is 1.74. The Morgan fingerprint density at radius 2 is 1.74 bits per heavy atom. The van der Waals surface area contributed by atoms with Crippen LogP contribution in [0.3, 0.4) is 0 Å². The van der Waals surface area contributed by atoms with E-state index < -0.39 is 0 Å². The molecule has 0 aliphatic heterocycles. The fourth-order valence-corrected chi connectivity index (χ4v) is 3.98. The molecule has 1 aromatic rings. The molecule has 1 N–H and O–H groups in total. The minimum absolute atomic E-state index is 0.627. The molecular weight excluding hydrogens is 234 g/mol. The summed E-state index contributed by atoms with van der Waals surface area (Å²) in [4.78, 5) is 0. The van der Waals surface area contributed by atoms with Gasteiger partial charge >= 0.3 is 0 Å². The van der Waals surface area contributed by atoms with Crippen LogP contribution in [-0.2, 0) is 0 Å². The maximum Gasteiger partial charge on any atom is 0.141 e. The Morgan fingerprint density at radius 1 is 1.05 bits per heavy atom. The van der Waals surface area contributed by atoms with Crippen molar-refractivity contribution < 1.29 is 4.74 Å². The number of benzene rings is 1. The maximum atomic E-state index is 5.42. The van der Waals surface area contributed by atoms with Gasteiger partial charge in [-0.2, -0.15) is 0 Å². The van der Waals surface area contributed by atoms with Gasteiger partial charge in [-0.15, -0.1) is 0 Å². The Morgan fingerprint density at radius 3 is 2.42 bits per heavy atom. The Bertz CT molecular complexity index is 413. The molecule has 0 unspecified atom stereocenters. The van der Waals surface area contributed by atoms with E-state index in [0.717, 1.165) is 16.9 Å². The van der Waals surface area contributed by atoms with Gasteiger partial charge in [0.2, 0.25) is 0 Å². The van der Waals surface area contributed by atoms with Crippen molar-refractivity contribution in [1.82, 2.24) is 0 Å². The number of methoxy groups -OCH3 is 1. The molecule has 0 amide bonds. The monoisotopic (exact) mass is 259 g/mol. The second-order valence-corrected chi connectivity index (χ2v) is 6.33. The zero-order valence-corrected chi connectivity index (χ0v) is 12.0. The van der Waals surface area contributed by atoms with Gasteiger partial charge in [-0.25, -0.2) is 0 Å². The van der Waals surface area contributed by atoms with Crippen molar-refractivity contribution in [2.45, 2.75) is 57.4 Å². The van der Waals surface area contributed by atoms with Gasteiger partial charge < -0.3 is 10.1 Å². The van der Waals surface area contributed by atoms with Crippen molar-refractivity contribution in [2.75, 3.05) is 12.4 Å². The number of hydrogen-bond donors (Lipinski definition) is 1. The van der Waals surface area contributed by atoms with Crippen LogP contribution in [0.5, 0.6) is 5.75 Å². The van der Waals surface area contributed by atoms with E-state index in [1.807, 2.05) is 12.1 Å². The van der Waals surface area contributed by atoms with Gasteiger partial charge in [0, 0.05) is 6.04 Å². The summed E-state index contributed by atoms with van der Waals surface area (Å²) in [6.07, 6.45) is 11.4. The van der Waals surface area contributed by atoms with Crippen molar-refractivity contribution in [1.29, 1.82) is 0 Å². The van der Waals surface area contributed by atoms with Gasteiger partial charge in [0.15, 0.2) is 0 Å². The fraction of sp³-hybridized carbons (Fsp3) is 0.647. The lowest BCUT2D eigenvalue weighted by atomic mass is 9.71. The highest BCUT2D eigenvalue weighted by Crippen LogP contribution is 2.49. The molecule has 0 saturated heterocycles. The lowest BCUT2D eigenvalue weighted by molar-refractivity contribution is 0.188. The van der Waals surface area contributed by atoms with Crippen molar-refractivity contribution in [3.63, 3.8) is 0 Å². The number of para-hydroxylation sites is 2. The molecule has 19 heavy (non-hydrogen) atoms. The minimum Gasteiger partial charge on any atom is -0.495 e. The van der Waals surface area contributed by atoms with E-state index in [2.05, 4.69) is 17.4 Å². The molecule has 2 nitrogen and oxygen atoms in total. The molecular formula is C17H25NO. The first-order valence-electron chi connectivity index (χ1n) is 7.71. The first-order chi connectivity index (χ1) is 9.31. The molecule has 0 atom stereocenters. The van der Waals surface area contributed by atoms with Crippen LogP contribution in [0.2, 0.25) is 0 Å². The zero-order valence-electron chi connectivity index (χ0n) is 12.0. The SMILES string of the molecule is COc1ccccc1NC1CCC2(CCCC2)CC1. The molecule has 104 valence electrons. The van der Waals surface area contributed by atoms with Gasteiger partial charge in [0.1, 0.15) is 5.75 Å². The normalized spacial score (nSPS) is 22.6. The number of rotatable bonds is 3. The number of ether oxygens (including phenoxy) is 1. The van der Waals surface area contributed by atoms with Crippen molar-refractivity contribution in [3.05, 3.63) is 24.3 Å². The number of nitrogens with one attached hydrogen (secondary N) is 1. The molecule has 3 rings (SSSR count). The quantitative estimate of drug-likeness (QED) is 0.856. The van der Waals surface area contributed by atoms with Crippen LogP contribution in [0.15, 0.2) is 24.3 Å². The standard InChI is InChI=1S/C17H25NO/c1-19-16-7-3-2-6-15(16)18-14-8-12-17(13-9-14)10-4-5-11-17/h2-3,6-7,14,18H,4-5,8-13H2,1H3. The summed E-state index contributed by atoms with van der Waals surface area (Å²) in [6, 6.07) is 8.88. The van der Waals surface area contributed by atoms with E-state index in [0.29, 0.717) is 6.04 Å². The van der Waals surface area contributed by atoms with Gasteiger partial charge in [-0.1, -0.05) is 25.0 Å². The zero-order chi connectivity index (χ0) is 13.1. The third-order valence-corrected chi connectivity index (χ3v) is 5.18. The van der Waals surface area contributed by atoms with Gasteiger partial charge in [-0.3, -0.25) is 0 Å². The Labute approximate surface area is 116 Å². The molecule has 2 aliphatic rings. The van der Waals surface area contributed by atoms with Crippen LogP contribution in [0.4, 0.5) is 5.69 Å². The van der Waals surface area contributed by atoms with Gasteiger partial charge in [-0.05, 0) is 56.1 Å². The summed E-state index contributed by atoms with van der Waals surface area (Å²) < 4.78 is 5.42. The molecule has 2 aliphatic carbocycles. The summed E-state index contributed by atoms with van der Waals surface area (Å²) in [5, 5.41) is 3.68. The molecule has 0 heterocycles. The second-order valence-electron chi connectivity index (χ2n) is 6.33. The van der Waals surface area contributed by atoms with Gasteiger partial charge in [0.25, 0.3) is 0 Å². The highest BCUT2D eigenvalue weighted by atomic mass is 16.5. The van der Waals surface area contributed by atoms with E-state index >= 15 is 0 Å². The number of hydrogen-bond acceptors (Lipinski definition) is 2. The van der Waals surface area contributed by atoms with Crippen LogP contribution in [0, 0.1) is 5.41 Å². The van der Waals surface area contributed by atoms with Gasteiger partial charge in [0.05, 0.1) is 12.8 Å². The average Bonchev–Trinajstić information content (AvgIpc) is 2.91. The van der Waals surface area contributed by atoms with E-state index in [1.54, 1.807) is 7.11 Å². The van der Waals surface area contributed by atoms with Crippen LogP contribution in [-0.4, -0.2) is 13.2 Å². The third-order valence-electron chi connectivity index (χ3n) is 5.18.